The molecule has 0 radical (unpaired) electrons. The minimum Gasteiger partial charge on any atom is -0.497 e. The first-order valence-electron chi connectivity index (χ1n) is 6.03. The zero-order valence-corrected chi connectivity index (χ0v) is 12.8. The number of nitrogens with one attached hydrogen (secondary N) is 1. The van der Waals surface area contributed by atoms with Gasteiger partial charge in [0.25, 0.3) is 0 Å². The summed E-state index contributed by atoms with van der Waals surface area (Å²) >= 11 is 3.29. The summed E-state index contributed by atoms with van der Waals surface area (Å²) in [7, 11) is 1.67. The molecule has 4 nitrogen and oxygen atoms in total. The third-order valence-corrected chi connectivity index (χ3v) is 4.40. The van der Waals surface area contributed by atoms with E-state index in [1.807, 2.05) is 12.1 Å². The van der Waals surface area contributed by atoms with Crippen molar-refractivity contribution in [1.29, 1.82) is 0 Å². The average molecular weight is 295 g/mol. The van der Waals surface area contributed by atoms with Crippen molar-refractivity contribution in [1.82, 2.24) is 10.2 Å². The summed E-state index contributed by atoms with van der Waals surface area (Å²) in [4.78, 5) is 0. The van der Waals surface area contributed by atoms with Gasteiger partial charge in [-0.15, -0.1) is 10.2 Å². The molecule has 1 N–H and O–H groups in total. The van der Waals surface area contributed by atoms with Gasteiger partial charge in [-0.3, -0.25) is 0 Å². The Morgan fingerprint density at radius 2 is 2.00 bits per heavy atom. The van der Waals surface area contributed by atoms with Crippen LogP contribution >= 0.6 is 23.1 Å². The van der Waals surface area contributed by atoms with Crippen molar-refractivity contribution >= 4 is 28.2 Å². The molecule has 0 atom stereocenters. The largest absolute Gasteiger partial charge is 0.497 e. The second kappa shape index (κ2) is 6.77. The minimum atomic E-state index is 0.382. The maximum atomic E-state index is 5.14. The number of hydrogen-bond acceptors (Lipinski definition) is 6. The summed E-state index contributed by atoms with van der Waals surface area (Å²) in [6.45, 7) is 4.18. The Bertz CT molecular complexity index is 511. The summed E-state index contributed by atoms with van der Waals surface area (Å²) in [5.41, 5.74) is 1.25. The fourth-order valence-electron chi connectivity index (χ4n) is 1.44. The molecule has 1 aromatic heterocycles. The number of benzene rings is 1. The summed E-state index contributed by atoms with van der Waals surface area (Å²) in [6, 6.07) is 8.47. The van der Waals surface area contributed by atoms with E-state index in [0.29, 0.717) is 6.04 Å². The van der Waals surface area contributed by atoms with Crippen molar-refractivity contribution in [3.8, 4) is 5.75 Å². The molecule has 0 spiro atoms. The van der Waals surface area contributed by atoms with Crippen LogP contribution in [-0.2, 0) is 5.75 Å². The van der Waals surface area contributed by atoms with Crippen LogP contribution in [0.25, 0.3) is 0 Å². The second-order valence-corrected chi connectivity index (χ2v) is 6.51. The van der Waals surface area contributed by atoms with Crippen LogP contribution in [0.15, 0.2) is 28.6 Å². The molecule has 0 aliphatic heterocycles. The van der Waals surface area contributed by atoms with Crippen LogP contribution in [0.4, 0.5) is 5.13 Å². The first-order valence-corrected chi connectivity index (χ1v) is 7.83. The standard InChI is InChI=1S/C13H17N3OS2/c1-9(2)14-12-15-16-13(19-12)18-8-10-4-6-11(17-3)7-5-10/h4-7,9H,8H2,1-3H3,(H,14,15). The fourth-order valence-corrected chi connectivity index (χ4v) is 3.29. The molecule has 0 saturated heterocycles. The van der Waals surface area contributed by atoms with Gasteiger partial charge in [-0.25, -0.2) is 0 Å². The van der Waals surface area contributed by atoms with Gasteiger partial charge in [-0.05, 0) is 31.5 Å². The normalized spacial score (nSPS) is 10.7. The van der Waals surface area contributed by atoms with Crippen LogP contribution in [0.3, 0.4) is 0 Å². The van der Waals surface area contributed by atoms with Crippen LogP contribution in [0.2, 0.25) is 0 Å². The number of rotatable bonds is 6. The van der Waals surface area contributed by atoms with E-state index in [1.165, 1.54) is 5.56 Å². The maximum Gasteiger partial charge on any atom is 0.206 e. The lowest BCUT2D eigenvalue weighted by Gasteiger charge is -2.03. The zero-order chi connectivity index (χ0) is 13.7. The van der Waals surface area contributed by atoms with Gasteiger partial charge < -0.3 is 10.1 Å². The number of anilines is 1. The van der Waals surface area contributed by atoms with E-state index < -0.39 is 0 Å². The molecule has 2 aromatic rings. The van der Waals surface area contributed by atoms with E-state index in [4.69, 9.17) is 4.74 Å². The van der Waals surface area contributed by atoms with Crippen molar-refractivity contribution in [3.05, 3.63) is 29.8 Å². The highest BCUT2D eigenvalue weighted by Gasteiger charge is 2.06. The SMILES string of the molecule is COc1ccc(CSc2nnc(NC(C)C)s2)cc1. The van der Waals surface area contributed by atoms with Gasteiger partial charge in [0, 0.05) is 11.8 Å². The third-order valence-electron chi connectivity index (χ3n) is 2.34. The lowest BCUT2D eigenvalue weighted by atomic mass is 10.2. The molecule has 102 valence electrons. The highest BCUT2D eigenvalue weighted by Crippen LogP contribution is 2.28. The van der Waals surface area contributed by atoms with Crippen LogP contribution < -0.4 is 10.1 Å². The van der Waals surface area contributed by atoms with Gasteiger partial charge in [0.15, 0.2) is 4.34 Å². The van der Waals surface area contributed by atoms with Gasteiger partial charge >= 0.3 is 0 Å². The molecular weight excluding hydrogens is 278 g/mol. The third kappa shape index (κ3) is 4.40. The van der Waals surface area contributed by atoms with Crippen molar-refractivity contribution in [2.24, 2.45) is 0 Å². The molecular formula is C13H17N3OS2. The first kappa shape index (κ1) is 14.1. The molecule has 2 rings (SSSR count). The van der Waals surface area contributed by atoms with E-state index >= 15 is 0 Å². The Kier molecular flexibility index (Phi) is 5.04. The molecule has 0 unspecified atom stereocenters. The predicted octanol–water partition coefficient (Wildman–Crippen LogP) is 3.66. The Balaban J connectivity index is 1.89. The molecule has 0 aliphatic carbocycles. The van der Waals surface area contributed by atoms with Gasteiger partial charge in [0.2, 0.25) is 5.13 Å². The molecule has 0 bridgehead atoms. The number of aromatic nitrogens is 2. The zero-order valence-electron chi connectivity index (χ0n) is 11.2. The van der Waals surface area contributed by atoms with Crippen LogP contribution in [0.5, 0.6) is 5.75 Å². The number of hydrogen-bond donors (Lipinski definition) is 1. The lowest BCUT2D eigenvalue weighted by Crippen LogP contribution is -2.08. The van der Waals surface area contributed by atoms with Gasteiger partial charge in [-0.2, -0.15) is 0 Å². The van der Waals surface area contributed by atoms with E-state index in [2.05, 4.69) is 41.5 Å². The van der Waals surface area contributed by atoms with Crippen LogP contribution in [0, 0.1) is 0 Å². The Morgan fingerprint density at radius 3 is 2.63 bits per heavy atom. The monoisotopic (exact) mass is 295 g/mol. The summed E-state index contributed by atoms with van der Waals surface area (Å²) in [6.07, 6.45) is 0. The van der Waals surface area contributed by atoms with Crippen molar-refractivity contribution in [2.45, 2.75) is 30.0 Å². The van der Waals surface area contributed by atoms with Crippen molar-refractivity contribution < 1.29 is 4.74 Å². The highest BCUT2D eigenvalue weighted by molar-refractivity contribution is 8.00. The van der Waals surface area contributed by atoms with Gasteiger partial charge in [0.1, 0.15) is 5.75 Å². The Hall–Kier alpha value is -1.27. The number of nitrogens with zero attached hydrogens (tertiary/aromatic N) is 2. The molecule has 1 aromatic carbocycles. The Morgan fingerprint density at radius 1 is 1.26 bits per heavy atom. The Labute approximate surface area is 121 Å². The van der Waals surface area contributed by atoms with E-state index in [9.17, 15) is 0 Å². The topological polar surface area (TPSA) is 47.0 Å². The number of methoxy groups -OCH3 is 1. The fraction of sp³-hybridized carbons (Fsp3) is 0.385. The molecule has 0 fully saturated rings. The molecule has 1 heterocycles. The quantitative estimate of drug-likeness (QED) is 0.824. The summed E-state index contributed by atoms with van der Waals surface area (Å²) in [5, 5.41) is 12.4. The number of ether oxygens (including phenoxy) is 1. The highest BCUT2D eigenvalue weighted by atomic mass is 32.2. The van der Waals surface area contributed by atoms with E-state index in [-0.39, 0.29) is 0 Å². The average Bonchev–Trinajstić information content (AvgIpc) is 2.84. The van der Waals surface area contributed by atoms with Crippen LogP contribution in [0.1, 0.15) is 19.4 Å². The van der Waals surface area contributed by atoms with Gasteiger partial charge in [-0.1, -0.05) is 35.2 Å². The molecule has 0 saturated carbocycles. The molecule has 19 heavy (non-hydrogen) atoms. The predicted molar refractivity (Wildman–Crippen MR) is 81.2 cm³/mol. The second-order valence-electron chi connectivity index (χ2n) is 4.31. The smallest absolute Gasteiger partial charge is 0.206 e. The van der Waals surface area contributed by atoms with Crippen molar-refractivity contribution in [2.75, 3.05) is 12.4 Å². The van der Waals surface area contributed by atoms with Crippen molar-refractivity contribution in [3.63, 3.8) is 0 Å². The first-order chi connectivity index (χ1) is 9.17. The molecule has 6 heteroatoms. The van der Waals surface area contributed by atoms with Gasteiger partial charge in [0.05, 0.1) is 7.11 Å². The molecule has 0 amide bonds. The minimum absolute atomic E-state index is 0.382. The number of thioether (sulfide) groups is 1. The summed E-state index contributed by atoms with van der Waals surface area (Å²) in [5.74, 6) is 1.77. The molecule has 0 aliphatic rings. The maximum absolute atomic E-state index is 5.14. The van der Waals surface area contributed by atoms with E-state index in [0.717, 1.165) is 21.0 Å². The van der Waals surface area contributed by atoms with Crippen LogP contribution in [-0.4, -0.2) is 23.3 Å². The summed E-state index contributed by atoms with van der Waals surface area (Å²) < 4.78 is 6.12. The lowest BCUT2D eigenvalue weighted by molar-refractivity contribution is 0.414. The van der Waals surface area contributed by atoms with E-state index in [1.54, 1.807) is 30.2 Å².